The van der Waals surface area contributed by atoms with E-state index in [0.29, 0.717) is 5.56 Å². The summed E-state index contributed by atoms with van der Waals surface area (Å²) in [5.41, 5.74) is 1.70. The Labute approximate surface area is 110 Å². The Hall–Kier alpha value is -1.42. The van der Waals surface area contributed by atoms with Crippen LogP contribution in [-0.4, -0.2) is 32.0 Å². The molecule has 0 aliphatic carbocycles. The third-order valence-electron chi connectivity index (χ3n) is 3.50. The highest BCUT2D eigenvalue weighted by atomic mass is 28.3. The van der Waals surface area contributed by atoms with E-state index in [4.69, 9.17) is 0 Å². The van der Waals surface area contributed by atoms with E-state index in [2.05, 4.69) is 22.9 Å². The summed E-state index contributed by atoms with van der Waals surface area (Å²) in [6.45, 7) is 5.81. The molecule has 0 amide bonds. The molecule has 1 saturated heterocycles. The number of hydrazone groups is 1. The third kappa shape index (κ3) is 3.07. The quantitative estimate of drug-likeness (QED) is 0.475. The van der Waals surface area contributed by atoms with Gasteiger partial charge < -0.3 is 4.67 Å². The molecule has 1 aliphatic rings. The van der Waals surface area contributed by atoms with Crippen LogP contribution in [0.5, 0.6) is 0 Å². The van der Waals surface area contributed by atoms with Gasteiger partial charge in [0.25, 0.3) is 0 Å². The van der Waals surface area contributed by atoms with Crippen molar-refractivity contribution in [2.24, 2.45) is 5.10 Å². The minimum absolute atomic E-state index is 0.703. The molecule has 1 fully saturated rings. The van der Waals surface area contributed by atoms with Gasteiger partial charge in [-0.3, -0.25) is 4.79 Å². The van der Waals surface area contributed by atoms with Crippen molar-refractivity contribution in [3.8, 4) is 0 Å². The molecule has 0 bridgehead atoms. The van der Waals surface area contributed by atoms with E-state index in [0.717, 1.165) is 18.4 Å². The Kier molecular flexibility index (Phi) is 3.96. The van der Waals surface area contributed by atoms with Gasteiger partial charge in [-0.15, -0.1) is 0 Å². The van der Waals surface area contributed by atoms with Crippen LogP contribution in [0.25, 0.3) is 0 Å². The number of carbonyl (C=O) groups is 1. The number of hydrogen-bond acceptors (Lipinski definition) is 3. The van der Waals surface area contributed by atoms with Gasteiger partial charge in [0.15, 0.2) is 8.24 Å². The number of aldehydes is 1. The molecule has 3 nitrogen and oxygen atoms in total. The number of benzene rings is 1. The molecule has 0 unspecified atom stereocenters. The van der Waals surface area contributed by atoms with Crippen LogP contribution in [0.1, 0.15) is 28.8 Å². The molecule has 4 heteroatoms. The highest BCUT2D eigenvalue weighted by molar-refractivity contribution is 6.74. The minimum Gasteiger partial charge on any atom is -0.324 e. The molecular weight excluding hydrogens is 240 g/mol. The second-order valence-electron chi connectivity index (χ2n) is 5.43. The summed E-state index contributed by atoms with van der Waals surface area (Å²) in [4.78, 5) is 10.7. The summed E-state index contributed by atoms with van der Waals surface area (Å²) >= 11 is 0. The van der Waals surface area contributed by atoms with Crippen molar-refractivity contribution in [3.63, 3.8) is 0 Å². The van der Waals surface area contributed by atoms with E-state index in [-0.39, 0.29) is 0 Å². The average molecular weight is 260 g/mol. The van der Waals surface area contributed by atoms with Gasteiger partial charge in [-0.25, -0.2) is 0 Å². The Morgan fingerprint density at radius 1 is 1.28 bits per heavy atom. The van der Waals surface area contributed by atoms with Gasteiger partial charge in [0.2, 0.25) is 0 Å². The molecule has 18 heavy (non-hydrogen) atoms. The summed E-state index contributed by atoms with van der Waals surface area (Å²) in [6, 6.07) is 8.87. The molecule has 0 spiro atoms. The number of hydrogen-bond donors (Lipinski definition) is 0. The maximum absolute atomic E-state index is 10.7. The van der Waals surface area contributed by atoms with Crippen molar-refractivity contribution < 1.29 is 4.79 Å². The molecule has 96 valence electrons. The van der Waals surface area contributed by atoms with E-state index in [1.807, 2.05) is 30.5 Å². The lowest BCUT2D eigenvalue weighted by Gasteiger charge is -2.38. The van der Waals surface area contributed by atoms with E-state index in [9.17, 15) is 4.79 Å². The molecule has 2 rings (SSSR count). The van der Waals surface area contributed by atoms with Crippen LogP contribution >= 0.6 is 0 Å². The number of rotatable bonds is 3. The summed E-state index contributed by atoms with van der Waals surface area (Å²) in [6.07, 6.45) is 5.33. The first-order valence-corrected chi connectivity index (χ1v) is 9.64. The van der Waals surface area contributed by atoms with Gasteiger partial charge in [-0.1, -0.05) is 37.7 Å². The smallest absolute Gasteiger partial charge is 0.172 e. The fraction of sp³-hybridized carbons (Fsp3) is 0.429. The first kappa shape index (κ1) is 13.0. The van der Waals surface area contributed by atoms with Crippen molar-refractivity contribution in [1.82, 2.24) is 4.67 Å². The van der Waals surface area contributed by atoms with Crippen LogP contribution in [0.2, 0.25) is 19.1 Å². The summed E-state index contributed by atoms with van der Waals surface area (Å²) in [5, 5.41) is 4.64. The van der Waals surface area contributed by atoms with Crippen molar-refractivity contribution in [2.75, 3.05) is 6.54 Å². The van der Waals surface area contributed by atoms with Crippen LogP contribution in [0.3, 0.4) is 0 Å². The molecular formula is C14H20N2OSi. The largest absolute Gasteiger partial charge is 0.324 e. The van der Waals surface area contributed by atoms with Crippen LogP contribution < -0.4 is 0 Å². The van der Waals surface area contributed by atoms with Gasteiger partial charge in [-0.05, 0) is 24.1 Å². The predicted octanol–water partition coefficient (Wildman–Crippen LogP) is 3.13. The lowest BCUT2D eigenvalue weighted by molar-refractivity contribution is 0.112. The Morgan fingerprint density at radius 3 is 2.78 bits per heavy atom. The maximum Gasteiger partial charge on any atom is 0.172 e. The molecule has 1 heterocycles. The third-order valence-corrected chi connectivity index (χ3v) is 6.81. The first-order chi connectivity index (χ1) is 8.62. The lowest BCUT2D eigenvalue weighted by Crippen LogP contribution is -2.48. The van der Waals surface area contributed by atoms with Crippen LogP contribution in [0.4, 0.5) is 0 Å². The van der Waals surface area contributed by atoms with Crippen molar-refractivity contribution >= 4 is 20.7 Å². The summed E-state index contributed by atoms with van der Waals surface area (Å²) < 4.78 is 2.30. The summed E-state index contributed by atoms with van der Waals surface area (Å²) in [7, 11) is -1.33. The molecule has 0 radical (unpaired) electrons. The monoisotopic (exact) mass is 260 g/mol. The molecule has 0 atom stereocenters. The summed E-state index contributed by atoms with van der Waals surface area (Å²) in [5.74, 6) is 0. The van der Waals surface area contributed by atoms with Crippen LogP contribution in [-0.2, 0) is 0 Å². The molecule has 1 aromatic rings. The van der Waals surface area contributed by atoms with Crippen molar-refractivity contribution in [3.05, 3.63) is 35.4 Å². The van der Waals surface area contributed by atoms with Gasteiger partial charge in [-0.2, -0.15) is 5.10 Å². The SMILES string of the molecule is C[Si]1(C)CCCCN1N=Cc1cccc(C=O)c1. The van der Waals surface area contributed by atoms with E-state index in [1.165, 1.54) is 18.9 Å². The Bertz CT molecular complexity index is 457. The van der Waals surface area contributed by atoms with Crippen molar-refractivity contribution in [1.29, 1.82) is 0 Å². The fourth-order valence-corrected chi connectivity index (χ4v) is 4.82. The zero-order valence-electron chi connectivity index (χ0n) is 11.1. The minimum atomic E-state index is -1.33. The lowest BCUT2D eigenvalue weighted by atomic mass is 10.1. The molecule has 0 N–H and O–H groups in total. The van der Waals surface area contributed by atoms with E-state index < -0.39 is 8.24 Å². The molecule has 1 aliphatic heterocycles. The van der Waals surface area contributed by atoms with Gasteiger partial charge in [0, 0.05) is 12.1 Å². The van der Waals surface area contributed by atoms with E-state index in [1.54, 1.807) is 0 Å². The molecule has 1 aromatic carbocycles. The first-order valence-electron chi connectivity index (χ1n) is 6.49. The number of nitrogens with zero attached hydrogens (tertiary/aromatic N) is 2. The average Bonchev–Trinajstić information content (AvgIpc) is 2.37. The topological polar surface area (TPSA) is 32.7 Å². The van der Waals surface area contributed by atoms with E-state index >= 15 is 0 Å². The second kappa shape index (κ2) is 5.48. The van der Waals surface area contributed by atoms with Gasteiger partial charge >= 0.3 is 0 Å². The zero-order chi connectivity index (χ0) is 13.0. The maximum atomic E-state index is 10.7. The van der Waals surface area contributed by atoms with Crippen molar-refractivity contribution in [2.45, 2.75) is 32.0 Å². The standard InChI is InChI=1S/C14H20N2OSi/c1-18(2)9-4-3-8-16(18)15-11-13-6-5-7-14(10-13)12-17/h5-7,10-12H,3-4,8-9H2,1-2H3. The molecule has 0 aromatic heterocycles. The van der Waals surface area contributed by atoms with Gasteiger partial charge in [0.05, 0.1) is 6.21 Å². The van der Waals surface area contributed by atoms with Crippen LogP contribution in [0, 0.1) is 0 Å². The Morgan fingerprint density at radius 2 is 2.06 bits per heavy atom. The fourth-order valence-electron chi connectivity index (χ4n) is 2.31. The normalized spacial score (nSPS) is 19.1. The number of carbonyl (C=O) groups excluding carboxylic acids is 1. The Balaban J connectivity index is 2.11. The van der Waals surface area contributed by atoms with Crippen LogP contribution in [0.15, 0.2) is 29.4 Å². The highest BCUT2D eigenvalue weighted by Crippen LogP contribution is 2.24. The van der Waals surface area contributed by atoms with Gasteiger partial charge in [0.1, 0.15) is 6.29 Å². The second-order valence-corrected chi connectivity index (χ2v) is 10.1. The highest BCUT2D eigenvalue weighted by Gasteiger charge is 2.31. The predicted molar refractivity (Wildman–Crippen MR) is 77.7 cm³/mol. The zero-order valence-corrected chi connectivity index (χ0v) is 12.1. The molecule has 0 saturated carbocycles.